The van der Waals surface area contributed by atoms with Crippen LogP contribution in [0, 0.1) is 0 Å². The monoisotopic (exact) mass is 199 g/mol. The number of aliphatic hydroxyl groups excluding tert-OH is 1. The molecule has 0 radical (unpaired) electrons. The van der Waals surface area contributed by atoms with Crippen molar-refractivity contribution in [3.63, 3.8) is 0 Å². The molecular weight excluding hydrogens is 178 g/mol. The maximum absolute atomic E-state index is 11.4. The number of carbonyl (C=O) groups excluding carboxylic acids is 1. The Bertz CT molecular complexity index is 192. The minimum Gasteiger partial charge on any atom is -0.393 e. The van der Waals surface area contributed by atoms with Gasteiger partial charge >= 0.3 is 0 Å². The van der Waals surface area contributed by atoms with E-state index < -0.39 is 0 Å². The topological polar surface area (TPSA) is 40.5 Å². The summed E-state index contributed by atoms with van der Waals surface area (Å²) < 4.78 is 0. The van der Waals surface area contributed by atoms with E-state index in [2.05, 4.69) is 0 Å². The molecule has 2 atom stereocenters. The van der Waals surface area contributed by atoms with Crippen LogP contribution in [0.4, 0.5) is 0 Å². The molecule has 1 saturated heterocycles. The lowest BCUT2D eigenvalue weighted by atomic mass is 10.0. The van der Waals surface area contributed by atoms with Gasteiger partial charge in [-0.3, -0.25) is 4.79 Å². The average Bonchev–Trinajstić information content (AvgIpc) is 2.28. The quantitative estimate of drug-likeness (QED) is 0.733. The number of rotatable bonds is 2. The van der Waals surface area contributed by atoms with Gasteiger partial charge in [0, 0.05) is 19.5 Å². The van der Waals surface area contributed by atoms with Crippen molar-refractivity contribution in [1.82, 2.24) is 4.90 Å². The van der Waals surface area contributed by atoms with Crippen LogP contribution < -0.4 is 0 Å². The average molecular weight is 199 g/mol. The van der Waals surface area contributed by atoms with Crippen molar-refractivity contribution in [1.29, 1.82) is 0 Å². The molecule has 0 spiro atoms. The van der Waals surface area contributed by atoms with Crippen molar-refractivity contribution in [2.45, 2.75) is 58.1 Å². The van der Waals surface area contributed by atoms with Gasteiger partial charge in [0.2, 0.25) is 5.91 Å². The lowest BCUT2D eigenvalue weighted by molar-refractivity contribution is -0.131. The van der Waals surface area contributed by atoms with Crippen molar-refractivity contribution >= 4 is 5.91 Å². The van der Waals surface area contributed by atoms with Gasteiger partial charge in [-0.05, 0) is 26.2 Å². The zero-order valence-corrected chi connectivity index (χ0v) is 9.20. The summed E-state index contributed by atoms with van der Waals surface area (Å²) in [6.07, 6.45) is 4.96. The number of carbonyl (C=O) groups is 1. The summed E-state index contributed by atoms with van der Waals surface area (Å²) in [7, 11) is 0. The van der Waals surface area contributed by atoms with E-state index in [0.717, 1.165) is 25.8 Å². The number of aliphatic hydroxyl groups is 1. The first-order chi connectivity index (χ1) is 6.61. The molecule has 3 heteroatoms. The Morgan fingerprint density at radius 3 is 2.79 bits per heavy atom. The highest BCUT2D eigenvalue weighted by molar-refractivity contribution is 5.73. The normalized spacial score (nSPS) is 25.6. The molecule has 1 heterocycles. The van der Waals surface area contributed by atoms with E-state index in [0.29, 0.717) is 0 Å². The Morgan fingerprint density at radius 1 is 1.50 bits per heavy atom. The van der Waals surface area contributed by atoms with Gasteiger partial charge in [0.05, 0.1) is 6.10 Å². The lowest BCUT2D eigenvalue weighted by Crippen LogP contribution is -2.40. The minimum atomic E-state index is -0.306. The fraction of sp³-hybridized carbons (Fsp3) is 0.909. The highest BCUT2D eigenvalue weighted by Gasteiger charge is 2.23. The molecule has 1 N–H and O–H groups in total. The number of hydrogen-bond acceptors (Lipinski definition) is 2. The predicted molar refractivity (Wildman–Crippen MR) is 55.9 cm³/mol. The summed E-state index contributed by atoms with van der Waals surface area (Å²) >= 11 is 0. The van der Waals surface area contributed by atoms with E-state index in [-0.39, 0.29) is 18.1 Å². The second kappa shape index (κ2) is 5.35. The molecule has 1 aliphatic heterocycles. The van der Waals surface area contributed by atoms with Gasteiger partial charge in [0.15, 0.2) is 0 Å². The van der Waals surface area contributed by atoms with Crippen LogP contribution in [0.2, 0.25) is 0 Å². The van der Waals surface area contributed by atoms with Gasteiger partial charge in [-0.15, -0.1) is 0 Å². The molecule has 0 aromatic carbocycles. The van der Waals surface area contributed by atoms with E-state index in [1.165, 1.54) is 12.8 Å². The standard InChI is InChI=1S/C11H21NO2/c1-9(13)8-11-6-4-3-5-7-12(11)10(2)14/h9,11,13H,3-8H2,1-2H3. The molecule has 14 heavy (non-hydrogen) atoms. The van der Waals surface area contributed by atoms with Gasteiger partial charge in [-0.25, -0.2) is 0 Å². The molecule has 0 saturated carbocycles. The van der Waals surface area contributed by atoms with Gasteiger partial charge < -0.3 is 10.0 Å². The second-order valence-corrected chi connectivity index (χ2v) is 4.30. The van der Waals surface area contributed by atoms with E-state index in [1.807, 2.05) is 4.90 Å². The Balaban J connectivity index is 2.59. The third-order valence-corrected chi connectivity index (χ3v) is 2.89. The predicted octanol–water partition coefficient (Wildman–Crippen LogP) is 1.55. The summed E-state index contributed by atoms with van der Waals surface area (Å²) in [5, 5.41) is 9.36. The van der Waals surface area contributed by atoms with Crippen LogP contribution in [0.5, 0.6) is 0 Å². The molecule has 3 nitrogen and oxygen atoms in total. The number of nitrogens with zero attached hydrogens (tertiary/aromatic N) is 1. The van der Waals surface area contributed by atoms with Crippen molar-refractivity contribution in [3.8, 4) is 0 Å². The van der Waals surface area contributed by atoms with Crippen LogP contribution in [0.3, 0.4) is 0 Å². The summed E-state index contributed by atoms with van der Waals surface area (Å²) in [5.41, 5.74) is 0. The van der Waals surface area contributed by atoms with Crippen molar-refractivity contribution in [3.05, 3.63) is 0 Å². The first-order valence-corrected chi connectivity index (χ1v) is 5.56. The van der Waals surface area contributed by atoms with Crippen molar-refractivity contribution < 1.29 is 9.90 Å². The Kier molecular flexibility index (Phi) is 4.39. The van der Waals surface area contributed by atoms with Crippen LogP contribution >= 0.6 is 0 Å². The number of hydrogen-bond donors (Lipinski definition) is 1. The van der Waals surface area contributed by atoms with E-state index in [1.54, 1.807) is 13.8 Å². The third kappa shape index (κ3) is 3.29. The van der Waals surface area contributed by atoms with Crippen LogP contribution in [-0.4, -0.2) is 34.6 Å². The Labute approximate surface area is 86.1 Å². The second-order valence-electron chi connectivity index (χ2n) is 4.30. The molecule has 1 fully saturated rings. The maximum atomic E-state index is 11.4. The number of likely N-dealkylation sites (tertiary alicyclic amines) is 1. The summed E-state index contributed by atoms with van der Waals surface area (Å²) in [4.78, 5) is 13.3. The van der Waals surface area contributed by atoms with Crippen LogP contribution in [-0.2, 0) is 4.79 Å². The first kappa shape index (κ1) is 11.5. The van der Waals surface area contributed by atoms with Crippen LogP contribution in [0.25, 0.3) is 0 Å². The Hall–Kier alpha value is -0.570. The smallest absolute Gasteiger partial charge is 0.219 e. The summed E-state index contributed by atoms with van der Waals surface area (Å²) in [6, 6.07) is 0.259. The molecule has 1 amide bonds. The SMILES string of the molecule is CC(=O)N1CCCCCC1CC(C)O. The molecule has 0 aliphatic carbocycles. The van der Waals surface area contributed by atoms with Crippen LogP contribution in [0.15, 0.2) is 0 Å². The lowest BCUT2D eigenvalue weighted by Gasteiger charge is -2.29. The fourth-order valence-electron chi connectivity index (χ4n) is 2.23. The minimum absolute atomic E-state index is 0.151. The fourth-order valence-corrected chi connectivity index (χ4v) is 2.23. The highest BCUT2D eigenvalue weighted by atomic mass is 16.3. The van der Waals surface area contributed by atoms with E-state index in [4.69, 9.17) is 0 Å². The third-order valence-electron chi connectivity index (χ3n) is 2.89. The maximum Gasteiger partial charge on any atom is 0.219 e. The van der Waals surface area contributed by atoms with Crippen LogP contribution in [0.1, 0.15) is 46.0 Å². The first-order valence-electron chi connectivity index (χ1n) is 5.56. The molecule has 1 rings (SSSR count). The molecule has 0 aromatic rings. The molecular formula is C11H21NO2. The molecule has 2 unspecified atom stereocenters. The van der Waals surface area contributed by atoms with Gasteiger partial charge in [-0.2, -0.15) is 0 Å². The van der Waals surface area contributed by atoms with Crippen molar-refractivity contribution in [2.24, 2.45) is 0 Å². The Morgan fingerprint density at radius 2 is 2.21 bits per heavy atom. The summed E-state index contributed by atoms with van der Waals surface area (Å²) in [6.45, 7) is 4.29. The zero-order valence-electron chi connectivity index (χ0n) is 9.20. The van der Waals surface area contributed by atoms with E-state index in [9.17, 15) is 9.90 Å². The molecule has 0 aromatic heterocycles. The van der Waals surface area contributed by atoms with Gasteiger partial charge in [0.1, 0.15) is 0 Å². The highest BCUT2D eigenvalue weighted by Crippen LogP contribution is 2.20. The molecule has 1 aliphatic rings. The summed E-state index contributed by atoms with van der Waals surface area (Å²) in [5.74, 6) is 0.151. The largest absolute Gasteiger partial charge is 0.393 e. The number of amides is 1. The van der Waals surface area contributed by atoms with Crippen molar-refractivity contribution in [2.75, 3.05) is 6.54 Å². The molecule has 82 valence electrons. The van der Waals surface area contributed by atoms with E-state index >= 15 is 0 Å². The zero-order chi connectivity index (χ0) is 10.6. The van der Waals surface area contributed by atoms with Gasteiger partial charge in [-0.1, -0.05) is 12.8 Å². The van der Waals surface area contributed by atoms with Gasteiger partial charge in [0.25, 0.3) is 0 Å². The molecule has 0 bridgehead atoms.